The number of nitrogens with zero attached hydrogens (tertiary/aromatic N) is 2. The summed E-state index contributed by atoms with van der Waals surface area (Å²) in [4.78, 5) is 12.9. The first kappa shape index (κ1) is 20.8. The minimum Gasteiger partial charge on any atom is -0.390 e. The third-order valence-electron chi connectivity index (χ3n) is 7.41. The van der Waals surface area contributed by atoms with Crippen molar-refractivity contribution < 1.29 is 19.0 Å². The number of amides is 1. The van der Waals surface area contributed by atoms with Crippen molar-refractivity contribution in [3.05, 3.63) is 29.3 Å². The maximum Gasteiger partial charge on any atom is 0.236 e. The van der Waals surface area contributed by atoms with Crippen molar-refractivity contribution in [3.8, 4) is 0 Å². The van der Waals surface area contributed by atoms with Gasteiger partial charge in [0.25, 0.3) is 0 Å². The smallest absolute Gasteiger partial charge is 0.236 e. The standard InChI is InChI=1S/C21H30ClN3O4S/c22-17-2-4-18(5-3-17)25-7-1-6-24(30(25,28)29)13-19(26)23-20-15-8-14-9-16(20)12-21(27,10-14)11-15/h2-5,14-16,20,27-29H,1,6-13H2,(H,23,26). The van der Waals surface area contributed by atoms with Gasteiger partial charge in [-0.05, 0) is 80.5 Å². The topological polar surface area (TPSA) is 96.3 Å². The number of rotatable bonds is 4. The van der Waals surface area contributed by atoms with E-state index in [0.29, 0.717) is 41.6 Å². The fourth-order valence-electron chi connectivity index (χ4n) is 6.43. The summed E-state index contributed by atoms with van der Waals surface area (Å²) in [5.41, 5.74) is 0.151. The van der Waals surface area contributed by atoms with Gasteiger partial charge in [0.2, 0.25) is 5.91 Å². The molecule has 1 aromatic carbocycles. The summed E-state index contributed by atoms with van der Waals surface area (Å²) in [6.45, 7) is 0.921. The molecule has 2 atom stereocenters. The summed E-state index contributed by atoms with van der Waals surface area (Å²) in [5.74, 6) is 1.08. The molecule has 2 unspecified atom stereocenters. The van der Waals surface area contributed by atoms with Gasteiger partial charge in [0.1, 0.15) is 0 Å². The molecule has 4 bridgehead atoms. The highest BCUT2D eigenvalue weighted by Gasteiger charge is 2.55. The Bertz CT molecular complexity index is 807. The molecule has 5 fully saturated rings. The van der Waals surface area contributed by atoms with Crippen LogP contribution in [0.5, 0.6) is 0 Å². The quantitative estimate of drug-likeness (QED) is 0.555. The summed E-state index contributed by atoms with van der Waals surface area (Å²) in [6.07, 6.45) is 5.34. The molecule has 0 aromatic heterocycles. The molecule has 1 heterocycles. The van der Waals surface area contributed by atoms with Gasteiger partial charge < -0.3 is 10.4 Å². The van der Waals surface area contributed by atoms with Crippen molar-refractivity contribution in [1.29, 1.82) is 0 Å². The van der Waals surface area contributed by atoms with Crippen LogP contribution < -0.4 is 9.62 Å². The van der Waals surface area contributed by atoms with Crippen molar-refractivity contribution >= 4 is 34.2 Å². The number of benzene rings is 1. The van der Waals surface area contributed by atoms with Crippen LogP contribution in [-0.4, -0.2) is 55.7 Å². The first-order valence-electron chi connectivity index (χ1n) is 10.8. The zero-order valence-electron chi connectivity index (χ0n) is 16.9. The highest BCUT2D eigenvalue weighted by molar-refractivity contribution is 8.23. The molecule has 0 spiro atoms. The zero-order valence-corrected chi connectivity index (χ0v) is 18.5. The van der Waals surface area contributed by atoms with E-state index in [1.165, 1.54) is 4.31 Å². The summed E-state index contributed by atoms with van der Waals surface area (Å²) < 4.78 is 25.0. The summed E-state index contributed by atoms with van der Waals surface area (Å²) >= 11 is 5.96. The van der Waals surface area contributed by atoms with Gasteiger partial charge in [-0.1, -0.05) is 22.6 Å². The van der Waals surface area contributed by atoms with E-state index < -0.39 is 16.6 Å². The number of hydrogen-bond donors (Lipinski definition) is 4. The van der Waals surface area contributed by atoms with Crippen LogP contribution in [0.4, 0.5) is 5.69 Å². The van der Waals surface area contributed by atoms with E-state index in [2.05, 4.69) is 5.32 Å². The van der Waals surface area contributed by atoms with E-state index in [1.54, 1.807) is 28.6 Å². The van der Waals surface area contributed by atoms with Gasteiger partial charge in [-0.2, -0.15) is 4.31 Å². The third kappa shape index (κ3) is 3.72. The Kier molecular flexibility index (Phi) is 5.24. The van der Waals surface area contributed by atoms with Crippen LogP contribution in [-0.2, 0) is 4.79 Å². The number of aliphatic hydroxyl groups is 1. The highest BCUT2D eigenvalue weighted by Crippen LogP contribution is 2.56. The Morgan fingerprint density at radius 3 is 2.43 bits per heavy atom. The van der Waals surface area contributed by atoms with Gasteiger partial charge in [0.15, 0.2) is 0 Å². The van der Waals surface area contributed by atoms with E-state index in [1.807, 2.05) is 0 Å². The van der Waals surface area contributed by atoms with Gasteiger partial charge in [0, 0.05) is 24.2 Å². The molecule has 4 N–H and O–H groups in total. The van der Waals surface area contributed by atoms with E-state index in [0.717, 1.165) is 38.5 Å². The molecule has 6 rings (SSSR count). The second-order valence-electron chi connectivity index (χ2n) is 9.57. The molecular weight excluding hydrogens is 426 g/mol. The fourth-order valence-corrected chi connectivity index (χ4v) is 8.28. The zero-order chi connectivity index (χ0) is 21.1. The van der Waals surface area contributed by atoms with Crippen LogP contribution >= 0.6 is 22.6 Å². The minimum absolute atomic E-state index is 0.0456. The second-order valence-corrected chi connectivity index (χ2v) is 11.9. The average Bonchev–Trinajstić information content (AvgIpc) is 2.66. The first-order chi connectivity index (χ1) is 14.2. The molecular formula is C21H30ClN3O4S. The Balaban J connectivity index is 1.25. The van der Waals surface area contributed by atoms with Crippen LogP contribution in [0.1, 0.15) is 38.5 Å². The van der Waals surface area contributed by atoms with E-state index in [4.69, 9.17) is 11.6 Å². The minimum atomic E-state index is -3.27. The molecule has 9 heteroatoms. The molecule has 5 aliphatic rings. The van der Waals surface area contributed by atoms with Gasteiger partial charge in [-0.3, -0.25) is 18.2 Å². The average molecular weight is 456 g/mol. The van der Waals surface area contributed by atoms with Crippen molar-refractivity contribution in [2.24, 2.45) is 17.8 Å². The third-order valence-corrected chi connectivity index (χ3v) is 9.66. The first-order valence-corrected chi connectivity index (χ1v) is 12.7. The van der Waals surface area contributed by atoms with Gasteiger partial charge in [-0.15, -0.1) is 0 Å². The molecule has 30 heavy (non-hydrogen) atoms. The number of carbonyl (C=O) groups excluding carboxylic acids is 1. The summed E-state index contributed by atoms with van der Waals surface area (Å²) in [6, 6.07) is 7.06. The van der Waals surface area contributed by atoms with E-state index >= 15 is 0 Å². The van der Waals surface area contributed by atoms with Crippen LogP contribution in [0, 0.1) is 17.8 Å². The molecule has 4 aliphatic carbocycles. The molecule has 4 saturated carbocycles. The Morgan fingerprint density at radius 1 is 1.13 bits per heavy atom. The molecule has 166 valence electrons. The molecule has 1 saturated heterocycles. The van der Waals surface area contributed by atoms with E-state index in [9.17, 15) is 19.0 Å². The maximum absolute atomic E-state index is 12.9. The lowest BCUT2D eigenvalue weighted by Crippen LogP contribution is -2.62. The number of carbonyl (C=O) groups is 1. The summed E-state index contributed by atoms with van der Waals surface area (Å²) in [7, 11) is -3.27. The predicted octanol–water partition coefficient (Wildman–Crippen LogP) is 3.49. The van der Waals surface area contributed by atoms with Crippen LogP contribution in [0.3, 0.4) is 0 Å². The molecule has 0 radical (unpaired) electrons. The van der Waals surface area contributed by atoms with Gasteiger partial charge >= 0.3 is 0 Å². The Labute approximate surface area is 184 Å². The normalized spacial score (nSPS) is 38.5. The molecule has 7 nitrogen and oxygen atoms in total. The van der Waals surface area contributed by atoms with E-state index in [-0.39, 0.29) is 18.5 Å². The lowest BCUT2D eigenvalue weighted by Gasteiger charge is -2.58. The monoisotopic (exact) mass is 455 g/mol. The number of halogens is 1. The van der Waals surface area contributed by atoms with Crippen molar-refractivity contribution in [2.75, 3.05) is 23.9 Å². The number of hydrogen-bond acceptors (Lipinski definition) is 6. The van der Waals surface area contributed by atoms with Gasteiger partial charge in [-0.25, -0.2) is 0 Å². The fraction of sp³-hybridized carbons (Fsp3) is 0.667. The molecule has 1 aromatic rings. The predicted molar refractivity (Wildman–Crippen MR) is 118 cm³/mol. The molecule has 1 amide bonds. The highest BCUT2D eigenvalue weighted by atomic mass is 35.5. The Morgan fingerprint density at radius 2 is 1.80 bits per heavy atom. The number of nitrogens with one attached hydrogen (secondary N) is 1. The van der Waals surface area contributed by atoms with Crippen molar-refractivity contribution in [3.63, 3.8) is 0 Å². The Hall–Kier alpha value is -1.03. The molecule has 1 aliphatic heterocycles. The lowest BCUT2D eigenvalue weighted by atomic mass is 9.52. The largest absolute Gasteiger partial charge is 0.390 e. The second kappa shape index (κ2) is 7.53. The van der Waals surface area contributed by atoms with Gasteiger partial charge in [0.05, 0.1) is 17.8 Å². The van der Waals surface area contributed by atoms with Crippen LogP contribution in [0.2, 0.25) is 5.02 Å². The SMILES string of the molecule is O=C(CN1CCCN(c2ccc(Cl)cc2)S1(O)O)NC1C2CC3CC1CC(O)(C3)C2. The van der Waals surface area contributed by atoms with Crippen molar-refractivity contribution in [1.82, 2.24) is 9.62 Å². The van der Waals surface area contributed by atoms with Crippen LogP contribution in [0.15, 0.2) is 24.3 Å². The summed E-state index contributed by atoms with van der Waals surface area (Å²) in [5, 5.41) is 14.5. The van der Waals surface area contributed by atoms with Crippen LogP contribution in [0.25, 0.3) is 0 Å². The number of anilines is 1. The van der Waals surface area contributed by atoms with Crippen molar-refractivity contribution in [2.45, 2.75) is 50.2 Å². The maximum atomic E-state index is 12.9. The lowest BCUT2D eigenvalue weighted by molar-refractivity contribution is -0.146.